The molecule has 0 bridgehead atoms. The van der Waals surface area contributed by atoms with Crippen molar-refractivity contribution in [2.45, 2.75) is 6.18 Å². The monoisotopic (exact) mass is 317 g/mol. The first-order valence-electron chi connectivity index (χ1n) is 6.96. The molecule has 8 heteroatoms. The molecule has 122 valence electrons. The lowest BCUT2D eigenvalue weighted by Crippen LogP contribution is -2.50. The van der Waals surface area contributed by atoms with Crippen LogP contribution in [0.15, 0.2) is 24.3 Å². The fourth-order valence-corrected chi connectivity index (χ4v) is 2.26. The van der Waals surface area contributed by atoms with Gasteiger partial charge in [0.15, 0.2) is 0 Å². The average Bonchev–Trinajstić information content (AvgIpc) is 2.48. The van der Waals surface area contributed by atoms with Crippen LogP contribution in [-0.2, 0) is 6.18 Å². The maximum Gasteiger partial charge on any atom is 0.416 e. The summed E-state index contributed by atoms with van der Waals surface area (Å²) in [7, 11) is 0. The van der Waals surface area contributed by atoms with E-state index < -0.39 is 11.7 Å². The lowest BCUT2D eigenvalue weighted by Gasteiger charge is -2.34. The summed E-state index contributed by atoms with van der Waals surface area (Å²) in [6.45, 7) is 3.03. The summed E-state index contributed by atoms with van der Waals surface area (Å²) in [5.74, 6) is 0. The summed E-state index contributed by atoms with van der Waals surface area (Å²) in [6.07, 6.45) is -4.38. The van der Waals surface area contributed by atoms with Gasteiger partial charge in [-0.3, -0.25) is 4.90 Å². The van der Waals surface area contributed by atoms with Crippen LogP contribution < -0.4 is 5.32 Å². The molecule has 0 aromatic heterocycles. The number of aliphatic hydroxyl groups is 1. The van der Waals surface area contributed by atoms with Gasteiger partial charge in [-0.15, -0.1) is 0 Å². The molecule has 1 aliphatic rings. The molecule has 1 aromatic carbocycles. The van der Waals surface area contributed by atoms with Crippen LogP contribution in [0.1, 0.15) is 5.56 Å². The fourth-order valence-electron chi connectivity index (χ4n) is 2.26. The highest BCUT2D eigenvalue weighted by molar-refractivity contribution is 5.89. The Kier molecular flexibility index (Phi) is 5.25. The molecule has 0 unspecified atom stereocenters. The second kappa shape index (κ2) is 6.97. The number of carbonyl (C=O) groups excluding carboxylic acids is 1. The number of hydrogen-bond acceptors (Lipinski definition) is 3. The molecule has 1 aromatic rings. The van der Waals surface area contributed by atoms with Gasteiger partial charge in [0.1, 0.15) is 0 Å². The van der Waals surface area contributed by atoms with Crippen molar-refractivity contribution < 1.29 is 23.1 Å². The van der Waals surface area contributed by atoms with E-state index >= 15 is 0 Å². The molecular formula is C14H18F3N3O2. The van der Waals surface area contributed by atoms with Crippen molar-refractivity contribution in [1.29, 1.82) is 0 Å². The van der Waals surface area contributed by atoms with Gasteiger partial charge in [-0.1, -0.05) is 0 Å². The van der Waals surface area contributed by atoms with Crippen molar-refractivity contribution >= 4 is 11.7 Å². The van der Waals surface area contributed by atoms with Gasteiger partial charge in [-0.2, -0.15) is 13.2 Å². The number of anilines is 1. The van der Waals surface area contributed by atoms with Crippen molar-refractivity contribution in [3.05, 3.63) is 29.8 Å². The molecule has 2 rings (SSSR count). The minimum absolute atomic E-state index is 0.0811. The summed E-state index contributed by atoms with van der Waals surface area (Å²) in [4.78, 5) is 15.7. The van der Waals surface area contributed by atoms with E-state index in [4.69, 9.17) is 5.11 Å². The quantitative estimate of drug-likeness (QED) is 0.894. The third-order valence-corrected chi connectivity index (χ3v) is 3.54. The number of urea groups is 1. The van der Waals surface area contributed by atoms with E-state index in [-0.39, 0.29) is 12.6 Å². The van der Waals surface area contributed by atoms with Gasteiger partial charge in [0, 0.05) is 38.4 Å². The number of β-amino-alcohol motifs (C(OH)–C–C–N with tert-alkyl or cyclic N) is 1. The van der Waals surface area contributed by atoms with Gasteiger partial charge >= 0.3 is 12.2 Å². The van der Waals surface area contributed by atoms with E-state index in [1.54, 1.807) is 4.90 Å². The zero-order valence-electron chi connectivity index (χ0n) is 11.9. The van der Waals surface area contributed by atoms with E-state index in [1.807, 2.05) is 4.90 Å². The summed E-state index contributed by atoms with van der Waals surface area (Å²) in [5, 5.41) is 11.4. The number of hydrogen-bond donors (Lipinski definition) is 2. The lowest BCUT2D eigenvalue weighted by molar-refractivity contribution is -0.137. The third-order valence-electron chi connectivity index (χ3n) is 3.54. The van der Waals surface area contributed by atoms with E-state index in [1.165, 1.54) is 12.1 Å². The second-order valence-electron chi connectivity index (χ2n) is 5.06. The number of nitrogens with zero attached hydrogens (tertiary/aromatic N) is 2. The fraction of sp³-hybridized carbons (Fsp3) is 0.500. The maximum absolute atomic E-state index is 12.5. The second-order valence-corrected chi connectivity index (χ2v) is 5.06. The summed E-state index contributed by atoms with van der Waals surface area (Å²) >= 11 is 0. The van der Waals surface area contributed by atoms with Crippen LogP contribution in [0.3, 0.4) is 0 Å². The molecule has 0 radical (unpaired) electrons. The summed E-state index contributed by atoms with van der Waals surface area (Å²) < 4.78 is 37.4. The molecule has 0 saturated carbocycles. The van der Waals surface area contributed by atoms with Crippen molar-refractivity contribution in [3.8, 4) is 0 Å². The Balaban J connectivity index is 1.87. The number of nitrogens with one attached hydrogen (secondary N) is 1. The highest BCUT2D eigenvalue weighted by atomic mass is 19.4. The van der Waals surface area contributed by atoms with Crippen LogP contribution in [0, 0.1) is 0 Å². The summed E-state index contributed by atoms with van der Waals surface area (Å²) in [5.41, 5.74) is -0.418. The largest absolute Gasteiger partial charge is 0.416 e. The van der Waals surface area contributed by atoms with Crippen LogP contribution in [0.4, 0.5) is 23.7 Å². The van der Waals surface area contributed by atoms with Crippen molar-refractivity contribution in [2.75, 3.05) is 44.6 Å². The van der Waals surface area contributed by atoms with Crippen LogP contribution in [0.5, 0.6) is 0 Å². The SMILES string of the molecule is O=C(Nc1ccc(C(F)(F)F)cc1)N1CCN(CCO)CC1. The van der Waals surface area contributed by atoms with Gasteiger partial charge in [-0.25, -0.2) is 4.79 Å². The van der Waals surface area contributed by atoms with Gasteiger partial charge in [0.25, 0.3) is 0 Å². The smallest absolute Gasteiger partial charge is 0.395 e. The molecule has 1 fully saturated rings. The normalized spacial score (nSPS) is 16.6. The van der Waals surface area contributed by atoms with Gasteiger partial charge in [0.2, 0.25) is 0 Å². The number of alkyl halides is 3. The molecule has 22 heavy (non-hydrogen) atoms. The van der Waals surface area contributed by atoms with E-state index in [2.05, 4.69) is 5.32 Å². The molecule has 1 aliphatic heterocycles. The minimum atomic E-state index is -4.38. The van der Waals surface area contributed by atoms with E-state index in [0.717, 1.165) is 12.1 Å². The Morgan fingerprint density at radius 2 is 1.73 bits per heavy atom. The van der Waals surface area contributed by atoms with Crippen LogP contribution in [0.2, 0.25) is 0 Å². The van der Waals surface area contributed by atoms with Crippen molar-refractivity contribution in [2.24, 2.45) is 0 Å². The zero-order chi connectivity index (χ0) is 16.2. The molecule has 5 nitrogen and oxygen atoms in total. The number of benzene rings is 1. The number of rotatable bonds is 3. The standard InChI is InChI=1S/C14H18F3N3O2/c15-14(16,17)11-1-3-12(4-2-11)18-13(22)20-7-5-19(6-8-20)9-10-21/h1-4,21H,5-10H2,(H,18,22). The third kappa shape index (κ3) is 4.35. The minimum Gasteiger partial charge on any atom is -0.395 e. The molecule has 0 aliphatic carbocycles. The topological polar surface area (TPSA) is 55.8 Å². The number of amides is 2. The zero-order valence-corrected chi connectivity index (χ0v) is 11.9. The average molecular weight is 317 g/mol. The van der Waals surface area contributed by atoms with Crippen molar-refractivity contribution in [3.63, 3.8) is 0 Å². The molecule has 1 heterocycles. The number of aliphatic hydroxyl groups excluding tert-OH is 1. The number of carbonyl (C=O) groups is 1. The van der Waals surface area contributed by atoms with E-state index in [9.17, 15) is 18.0 Å². The first kappa shape index (κ1) is 16.6. The first-order chi connectivity index (χ1) is 10.4. The predicted octanol–water partition coefficient (Wildman–Crippen LogP) is 1.85. The number of halogens is 3. The molecule has 0 spiro atoms. The molecule has 2 N–H and O–H groups in total. The number of piperazine rings is 1. The maximum atomic E-state index is 12.5. The van der Waals surface area contributed by atoms with Gasteiger partial charge < -0.3 is 15.3 Å². The Morgan fingerprint density at radius 1 is 1.14 bits per heavy atom. The van der Waals surface area contributed by atoms with Crippen LogP contribution in [0.25, 0.3) is 0 Å². The van der Waals surface area contributed by atoms with Crippen molar-refractivity contribution in [1.82, 2.24) is 9.80 Å². The lowest BCUT2D eigenvalue weighted by atomic mass is 10.2. The van der Waals surface area contributed by atoms with Crippen LogP contribution in [-0.4, -0.2) is 60.3 Å². The highest BCUT2D eigenvalue weighted by Crippen LogP contribution is 2.29. The predicted molar refractivity (Wildman–Crippen MR) is 75.6 cm³/mol. The van der Waals surface area contributed by atoms with Crippen LogP contribution >= 0.6 is 0 Å². The van der Waals surface area contributed by atoms with Gasteiger partial charge in [0.05, 0.1) is 12.2 Å². The van der Waals surface area contributed by atoms with Gasteiger partial charge in [-0.05, 0) is 24.3 Å². The molecular weight excluding hydrogens is 299 g/mol. The Morgan fingerprint density at radius 3 is 2.23 bits per heavy atom. The summed E-state index contributed by atoms with van der Waals surface area (Å²) in [6, 6.07) is 4.03. The highest BCUT2D eigenvalue weighted by Gasteiger charge is 2.30. The Labute approximate surface area is 126 Å². The Hall–Kier alpha value is -1.80. The first-order valence-corrected chi connectivity index (χ1v) is 6.96. The Bertz CT molecular complexity index is 497. The van der Waals surface area contributed by atoms with E-state index in [0.29, 0.717) is 38.4 Å². The molecule has 1 saturated heterocycles. The molecule has 0 atom stereocenters. The molecule has 2 amide bonds.